The smallest absolute Gasteiger partial charge is 0.417 e. The third-order valence-electron chi connectivity index (χ3n) is 9.74. The van der Waals surface area contributed by atoms with Crippen LogP contribution in [-0.4, -0.2) is 143 Å². The Hall–Kier alpha value is -4.08. The van der Waals surface area contributed by atoms with E-state index in [1.165, 1.54) is 44.4 Å². The van der Waals surface area contributed by atoms with Crippen molar-refractivity contribution in [1.29, 1.82) is 0 Å². The Morgan fingerprint density at radius 3 is 1.48 bits per heavy atom. The molecule has 0 unspecified atom stereocenters. The van der Waals surface area contributed by atoms with Gasteiger partial charge in [0.25, 0.3) is 11.8 Å². The number of imide groups is 2. The summed E-state index contributed by atoms with van der Waals surface area (Å²) in [6.45, 7) is 36.7. The number of aryl methyl sites for hydroxylation is 1. The van der Waals surface area contributed by atoms with E-state index in [2.05, 4.69) is 29.7 Å². The highest BCUT2D eigenvalue weighted by atomic mass is 32.2. The minimum absolute atomic E-state index is 0.0278. The van der Waals surface area contributed by atoms with Crippen molar-refractivity contribution in [2.45, 2.75) is 153 Å². The van der Waals surface area contributed by atoms with Crippen LogP contribution in [0.1, 0.15) is 120 Å². The van der Waals surface area contributed by atoms with Gasteiger partial charge in [-0.25, -0.2) is 19.3 Å². The maximum absolute atomic E-state index is 11.5. The second-order valence-corrected chi connectivity index (χ2v) is 20.9. The van der Waals surface area contributed by atoms with E-state index < -0.39 is 11.7 Å². The van der Waals surface area contributed by atoms with Crippen LogP contribution in [0.2, 0.25) is 0 Å². The average Bonchev–Trinajstić information content (AvgIpc) is 4.00. The summed E-state index contributed by atoms with van der Waals surface area (Å²) in [5, 5.41) is 3.90. The molecule has 0 radical (unpaired) electrons. The summed E-state index contributed by atoms with van der Waals surface area (Å²) in [5.41, 5.74) is 0.122. The molecular weight excluding hydrogens is 899 g/mol. The summed E-state index contributed by atoms with van der Waals surface area (Å²) < 4.78 is 12.7. The number of urea groups is 2. The Morgan fingerprint density at radius 1 is 0.719 bits per heavy atom. The number of thiazole rings is 2. The average molecular weight is 972 g/mol. The normalized spacial score (nSPS) is 16.9. The molecule has 2 aromatic heterocycles. The molecule has 0 aromatic carbocycles. The maximum Gasteiger partial charge on any atom is 0.417 e. The maximum atomic E-state index is 11.5. The van der Waals surface area contributed by atoms with Crippen LogP contribution in [0, 0.1) is 13.8 Å². The van der Waals surface area contributed by atoms with E-state index in [-0.39, 0.29) is 58.3 Å². The molecule has 362 valence electrons. The molecule has 6 heterocycles. The zero-order valence-corrected chi connectivity index (χ0v) is 44.6. The number of hydrogen-bond acceptors (Lipinski definition) is 14. The van der Waals surface area contributed by atoms with Crippen molar-refractivity contribution in [3.05, 3.63) is 53.1 Å². The van der Waals surface area contributed by atoms with Crippen molar-refractivity contribution in [2.24, 2.45) is 4.40 Å². The van der Waals surface area contributed by atoms with Crippen LogP contribution in [0.25, 0.3) is 0 Å². The van der Waals surface area contributed by atoms with Gasteiger partial charge in [-0.1, -0.05) is 41.0 Å². The fraction of sp³-hybridized carbons (Fsp3) is 0.674. The lowest BCUT2D eigenvalue weighted by Crippen LogP contribution is -2.40. The molecule has 64 heavy (non-hydrogen) atoms. The SMILES string of the molecule is C=C1SN=C(SC)N1C(C)C.CC(C)N1C(=O)CN(C)C1=O.CC(C)N1C(=O)OC(C)(C)C1=O.CC(C)N1CCN(C)C1=O.CC(C)n1ccsc1=O.Cc1sc(=O)n(C(C)C)c1C. The summed E-state index contributed by atoms with van der Waals surface area (Å²) in [4.78, 5) is 89.2. The van der Waals surface area contributed by atoms with Crippen LogP contribution < -0.4 is 9.75 Å². The molecule has 21 heteroatoms. The summed E-state index contributed by atoms with van der Waals surface area (Å²) in [5.74, 6) is -0.366. The minimum atomic E-state index is -0.985. The van der Waals surface area contributed by atoms with E-state index in [1.807, 2.05) is 104 Å². The molecular formula is C43H73N9O8S4. The number of ether oxygens (including phenoxy) is 1. The molecule has 4 aliphatic heterocycles. The van der Waals surface area contributed by atoms with Crippen LogP contribution in [-0.2, 0) is 14.3 Å². The number of amidine groups is 1. The van der Waals surface area contributed by atoms with Crippen molar-refractivity contribution >= 4 is 81.5 Å². The first-order valence-electron chi connectivity index (χ1n) is 21.2. The molecule has 0 atom stereocenters. The van der Waals surface area contributed by atoms with Crippen molar-refractivity contribution < 1.29 is 28.7 Å². The summed E-state index contributed by atoms with van der Waals surface area (Å²) >= 11 is 5.70. The second-order valence-electron chi connectivity index (χ2n) is 17.3. The monoisotopic (exact) mass is 971 g/mol. The number of hydrogen-bond donors (Lipinski definition) is 0. The summed E-state index contributed by atoms with van der Waals surface area (Å²) in [6, 6.07) is 1.20. The molecule has 3 fully saturated rings. The van der Waals surface area contributed by atoms with E-state index in [4.69, 9.17) is 4.74 Å². The fourth-order valence-electron chi connectivity index (χ4n) is 6.17. The van der Waals surface area contributed by atoms with Crippen molar-refractivity contribution in [3.8, 4) is 0 Å². The Balaban J connectivity index is 0.000000385. The number of carbonyl (C=O) groups is 5. The lowest BCUT2D eigenvalue weighted by molar-refractivity contribution is -0.135. The Labute approximate surface area is 397 Å². The quantitative estimate of drug-likeness (QED) is 0.201. The highest BCUT2D eigenvalue weighted by molar-refractivity contribution is 8.15. The van der Waals surface area contributed by atoms with Gasteiger partial charge < -0.3 is 33.5 Å². The van der Waals surface area contributed by atoms with Crippen LogP contribution in [0.5, 0.6) is 0 Å². The predicted octanol–water partition coefficient (Wildman–Crippen LogP) is 8.35. The highest BCUT2D eigenvalue weighted by Crippen LogP contribution is 2.33. The van der Waals surface area contributed by atoms with Crippen LogP contribution in [0.15, 0.2) is 37.2 Å². The Kier molecular flexibility index (Phi) is 23.1. The van der Waals surface area contributed by atoms with E-state index in [0.29, 0.717) is 18.1 Å². The minimum Gasteiger partial charge on any atom is -0.433 e. The fourth-order valence-corrected chi connectivity index (χ4v) is 9.47. The Morgan fingerprint density at radius 2 is 1.27 bits per heavy atom. The first-order valence-corrected chi connectivity index (χ1v) is 24.9. The van der Waals surface area contributed by atoms with Gasteiger partial charge in [0.05, 0.1) is 5.03 Å². The Bertz CT molecular complexity index is 2060. The van der Waals surface area contributed by atoms with Crippen molar-refractivity contribution in [1.82, 2.24) is 38.5 Å². The number of thioether (sulfide) groups is 1. The zero-order valence-electron chi connectivity index (χ0n) is 41.4. The lowest BCUT2D eigenvalue weighted by atomic mass is 10.1. The van der Waals surface area contributed by atoms with E-state index >= 15 is 0 Å². The highest BCUT2D eigenvalue weighted by Gasteiger charge is 2.48. The van der Waals surface area contributed by atoms with Gasteiger partial charge >= 0.3 is 27.9 Å². The number of amides is 7. The molecule has 4 aliphatic rings. The molecule has 7 amide bonds. The van der Waals surface area contributed by atoms with E-state index in [9.17, 15) is 33.6 Å². The van der Waals surface area contributed by atoms with Gasteiger partial charge in [0.1, 0.15) is 6.54 Å². The van der Waals surface area contributed by atoms with Crippen molar-refractivity contribution in [3.63, 3.8) is 0 Å². The molecule has 0 aliphatic carbocycles. The molecule has 6 rings (SSSR count). The standard InChI is InChI=1S/C8H13NO3.C8H13NOS.C7H12N2O2.C7H14N2O.C7H12N2S2.C6H9NOS/c1-5(2)9-6(10)8(3,4)12-7(9)11;1-5(2)9-6(3)7(4)11-8(9)10;1-5(2)9-6(10)4-8(3)7(9)11;1-6(2)9-5-4-8(3)7(9)10;1-5(2)9-6(3)11-8-7(9)10-4;1-5(2)7-3-4-9-6(7)8/h5H,1-4H3;5H,1-4H3;5H,4H2,1-3H3;6H,4-5H2,1-3H3;5H,3H2,1-2,4H3;3-5H,1-2H3. The van der Waals surface area contributed by atoms with Crippen molar-refractivity contribution in [2.75, 3.05) is 40.0 Å². The number of rotatable bonds is 6. The van der Waals surface area contributed by atoms with E-state index in [1.54, 1.807) is 56.0 Å². The third kappa shape index (κ3) is 15.8. The van der Waals surface area contributed by atoms with Gasteiger partial charge in [0.2, 0.25) is 0 Å². The largest absolute Gasteiger partial charge is 0.433 e. The number of carbonyl (C=O) groups excluding carboxylic acids is 5. The van der Waals surface area contributed by atoms with Gasteiger partial charge in [-0.05, 0) is 117 Å². The topological polar surface area (TPSA) is 170 Å². The number of cyclic esters (lactones) is 1. The second kappa shape index (κ2) is 25.6. The predicted molar refractivity (Wildman–Crippen MR) is 264 cm³/mol. The van der Waals surface area contributed by atoms with Gasteiger partial charge in [0.15, 0.2) is 10.8 Å². The first kappa shape index (κ1) is 57.9. The number of nitrogens with zero attached hydrogens (tertiary/aromatic N) is 9. The van der Waals surface area contributed by atoms with Crippen LogP contribution in [0.4, 0.5) is 14.4 Å². The van der Waals surface area contributed by atoms with E-state index in [0.717, 1.165) is 38.8 Å². The first-order chi connectivity index (χ1) is 29.4. The van der Waals surface area contributed by atoms with Gasteiger partial charge in [-0.15, -0.1) is 0 Å². The zero-order chi connectivity index (χ0) is 49.7. The lowest BCUT2D eigenvalue weighted by Gasteiger charge is -2.23. The summed E-state index contributed by atoms with van der Waals surface area (Å²) in [7, 11) is 3.47. The molecule has 0 spiro atoms. The molecule has 0 bridgehead atoms. The van der Waals surface area contributed by atoms with Gasteiger partial charge in [-0.2, -0.15) is 4.40 Å². The molecule has 17 nitrogen and oxygen atoms in total. The summed E-state index contributed by atoms with van der Waals surface area (Å²) in [6.07, 6.45) is 3.31. The molecule has 0 N–H and O–H groups in total. The number of likely N-dealkylation sites (N-methyl/N-ethyl adjacent to an activating group) is 2. The third-order valence-corrected chi connectivity index (χ3v) is 12.8. The number of aromatic nitrogens is 2. The van der Waals surface area contributed by atoms with Crippen LogP contribution in [0.3, 0.4) is 0 Å². The van der Waals surface area contributed by atoms with Gasteiger partial charge in [-0.3, -0.25) is 24.1 Å². The molecule has 3 saturated heterocycles. The molecule has 2 aromatic rings. The molecule has 0 saturated carbocycles. The van der Waals surface area contributed by atoms with Gasteiger partial charge in [0, 0.05) is 97.5 Å². The van der Waals surface area contributed by atoms with Crippen LogP contribution >= 0.6 is 46.4 Å².